The van der Waals surface area contributed by atoms with Crippen molar-refractivity contribution in [1.82, 2.24) is 4.90 Å². The number of aliphatic carboxylic acids is 1. The van der Waals surface area contributed by atoms with Crippen LogP contribution in [0.15, 0.2) is 0 Å². The first-order valence-electron chi connectivity index (χ1n) is 4.19. The third-order valence-corrected chi connectivity index (χ3v) is 2.10. The molecule has 0 bridgehead atoms. The van der Waals surface area contributed by atoms with Gasteiger partial charge in [-0.3, -0.25) is 0 Å². The zero-order chi connectivity index (χ0) is 8.97. The van der Waals surface area contributed by atoms with Gasteiger partial charge in [0.25, 0.3) is 0 Å². The monoisotopic (exact) mass is 167 g/mol. The van der Waals surface area contributed by atoms with Gasteiger partial charge in [0, 0.05) is 18.4 Å². The Morgan fingerprint density at radius 3 is 3.00 bits per heavy atom. The second kappa shape index (κ2) is 4.13. The fourth-order valence-electron chi connectivity index (χ4n) is 1.40. The van der Waals surface area contributed by atoms with Crippen molar-refractivity contribution >= 4 is 5.97 Å². The Labute approximate surface area is 72.4 Å². The third-order valence-electron chi connectivity index (χ3n) is 2.10. The van der Waals surface area contributed by atoms with E-state index in [4.69, 9.17) is 5.11 Å². The van der Waals surface area contributed by atoms with Crippen LogP contribution in [0.3, 0.4) is 0 Å². The van der Waals surface area contributed by atoms with Gasteiger partial charge in [0.1, 0.15) is 0 Å². The summed E-state index contributed by atoms with van der Waals surface area (Å²) in [6.07, 6.45) is 1.01. The molecule has 1 rings (SSSR count). The molecule has 0 aromatic rings. The molecule has 12 heavy (non-hydrogen) atoms. The summed E-state index contributed by atoms with van der Waals surface area (Å²) in [7, 11) is 0. The van der Waals surface area contributed by atoms with E-state index < -0.39 is 5.97 Å². The molecule has 3 nitrogen and oxygen atoms in total. The molecular weight excluding hydrogens is 154 g/mol. The van der Waals surface area contributed by atoms with Gasteiger partial charge >= 0.3 is 5.97 Å². The van der Waals surface area contributed by atoms with Crippen LogP contribution in [0.5, 0.6) is 0 Å². The van der Waals surface area contributed by atoms with E-state index in [2.05, 4.69) is 23.7 Å². The molecule has 0 aliphatic carbocycles. The normalized spacial score (nSPS) is 23.2. The van der Waals surface area contributed by atoms with Crippen molar-refractivity contribution in [3.05, 3.63) is 0 Å². The molecule has 1 fully saturated rings. The SMILES string of the molecule is CCN1CCC(C#CC(=O)O)C1. The second-order valence-electron chi connectivity index (χ2n) is 2.95. The zero-order valence-electron chi connectivity index (χ0n) is 7.21. The maximum Gasteiger partial charge on any atom is 0.381 e. The summed E-state index contributed by atoms with van der Waals surface area (Å²) >= 11 is 0. The van der Waals surface area contributed by atoms with Crippen LogP contribution in [0.1, 0.15) is 13.3 Å². The summed E-state index contributed by atoms with van der Waals surface area (Å²) in [5.41, 5.74) is 0. The average Bonchev–Trinajstić information content (AvgIpc) is 2.48. The molecule has 3 heteroatoms. The molecule has 1 aliphatic heterocycles. The average molecular weight is 167 g/mol. The van der Waals surface area contributed by atoms with E-state index >= 15 is 0 Å². The van der Waals surface area contributed by atoms with E-state index in [9.17, 15) is 4.79 Å². The predicted octanol–water partition coefficient (Wildman–Crippen LogP) is 0.416. The maximum absolute atomic E-state index is 10.1. The predicted molar refractivity (Wildman–Crippen MR) is 45.6 cm³/mol. The fourth-order valence-corrected chi connectivity index (χ4v) is 1.40. The van der Waals surface area contributed by atoms with E-state index in [0.717, 1.165) is 26.1 Å². The molecule has 66 valence electrons. The topological polar surface area (TPSA) is 40.5 Å². The zero-order valence-corrected chi connectivity index (χ0v) is 7.21. The van der Waals surface area contributed by atoms with Gasteiger partial charge in [0.05, 0.1) is 0 Å². The van der Waals surface area contributed by atoms with E-state index in [0.29, 0.717) is 0 Å². The molecule has 1 N–H and O–H groups in total. The minimum Gasteiger partial charge on any atom is -0.472 e. The molecule has 1 unspecified atom stereocenters. The van der Waals surface area contributed by atoms with Crippen LogP contribution in [0.25, 0.3) is 0 Å². The van der Waals surface area contributed by atoms with Gasteiger partial charge in [-0.15, -0.1) is 0 Å². The maximum atomic E-state index is 10.1. The highest BCUT2D eigenvalue weighted by molar-refractivity contribution is 5.86. The molecular formula is C9H13NO2. The van der Waals surface area contributed by atoms with Gasteiger partial charge in [-0.2, -0.15) is 0 Å². The van der Waals surface area contributed by atoms with Crippen molar-refractivity contribution in [3.63, 3.8) is 0 Å². The lowest BCUT2D eigenvalue weighted by Crippen LogP contribution is -2.19. The van der Waals surface area contributed by atoms with Crippen molar-refractivity contribution in [2.24, 2.45) is 5.92 Å². The molecule has 1 heterocycles. The van der Waals surface area contributed by atoms with Gasteiger partial charge in [0.15, 0.2) is 0 Å². The smallest absolute Gasteiger partial charge is 0.381 e. The highest BCUT2D eigenvalue weighted by Gasteiger charge is 2.18. The van der Waals surface area contributed by atoms with Crippen LogP contribution in [-0.2, 0) is 4.79 Å². The third kappa shape index (κ3) is 2.55. The number of nitrogens with zero attached hydrogens (tertiary/aromatic N) is 1. The Kier molecular flexibility index (Phi) is 3.12. The van der Waals surface area contributed by atoms with E-state index in [-0.39, 0.29) is 5.92 Å². The van der Waals surface area contributed by atoms with Gasteiger partial charge in [-0.05, 0) is 19.5 Å². The molecule has 0 spiro atoms. The number of rotatable bonds is 1. The molecule has 0 amide bonds. The number of carboxylic acid groups (broad SMARTS) is 1. The summed E-state index contributed by atoms with van der Waals surface area (Å²) in [4.78, 5) is 12.4. The van der Waals surface area contributed by atoms with Gasteiger partial charge in [-0.1, -0.05) is 12.8 Å². The van der Waals surface area contributed by atoms with Crippen LogP contribution >= 0.6 is 0 Å². The highest BCUT2D eigenvalue weighted by atomic mass is 16.4. The van der Waals surface area contributed by atoms with Crippen molar-refractivity contribution in [1.29, 1.82) is 0 Å². The Morgan fingerprint density at radius 1 is 1.75 bits per heavy atom. The standard InChI is InChI=1S/C9H13NO2/c1-2-10-6-5-8(7-10)3-4-9(11)12/h8H,2,5-7H2,1H3,(H,11,12). The largest absolute Gasteiger partial charge is 0.472 e. The number of carbonyl (C=O) groups is 1. The lowest BCUT2D eigenvalue weighted by molar-refractivity contribution is -0.130. The number of likely N-dealkylation sites (tertiary alicyclic amines) is 1. The Bertz CT molecular complexity index is 226. The van der Waals surface area contributed by atoms with Gasteiger partial charge in [-0.25, -0.2) is 4.79 Å². The minimum atomic E-state index is -1.02. The van der Waals surface area contributed by atoms with Gasteiger partial charge in [0.2, 0.25) is 0 Å². The minimum absolute atomic E-state index is 0.265. The Balaban J connectivity index is 2.39. The van der Waals surface area contributed by atoms with Crippen LogP contribution in [0.4, 0.5) is 0 Å². The number of carboxylic acids is 1. The van der Waals surface area contributed by atoms with Gasteiger partial charge < -0.3 is 10.0 Å². The highest BCUT2D eigenvalue weighted by Crippen LogP contribution is 2.13. The molecule has 0 aromatic carbocycles. The van der Waals surface area contributed by atoms with Crippen molar-refractivity contribution < 1.29 is 9.90 Å². The summed E-state index contributed by atoms with van der Waals surface area (Å²) in [6, 6.07) is 0. The van der Waals surface area contributed by atoms with Crippen LogP contribution < -0.4 is 0 Å². The van der Waals surface area contributed by atoms with E-state index in [1.807, 2.05) is 0 Å². The fraction of sp³-hybridized carbons (Fsp3) is 0.667. The van der Waals surface area contributed by atoms with E-state index in [1.54, 1.807) is 0 Å². The molecule has 0 aromatic heterocycles. The van der Waals surface area contributed by atoms with Crippen molar-refractivity contribution in [2.45, 2.75) is 13.3 Å². The molecule has 0 saturated carbocycles. The quantitative estimate of drug-likeness (QED) is 0.575. The molecule has 0 radical (unpaired) electrons. The van der Waals surface area contributed by atoms with Crippen LogP contribution in [-0.4, -0.2) is 35.6 Å². The Morgan fingerprint density at radius 2 is 2.50 bits per heavy atom. The first-order valence-corrected chi connectivity index (χ1v) is 4.19. The summed E-state index contributed by atoms with van der Waals surface area (Å²) < 4.78 is 0. The molecule has 1 saturated heterocycles. The molecule has 1 atom stereocenters. The second-order valence-corrected chi connectivity index (χ2v) is 2.95. The van der Waals surface area contributed by atoms with Crippen LogP contribution in [0.2, 0.25) is 0 Å². The number of hydrogen-bond acceptors (Lipinski definition) is 2. The lowest BCUT2D eigenvalue weighted by atomic mass is 10.1. The molecule has 1 aliphatic rings. The summed E-state index contributed by atoms with van der Waals surface area (Å²) in [5, 5.41) is 8.31. The number of hydrogen-bond donors (Lipinski definition) is 1. The van der Waals surface area contributed by atoms with Crippen molar-refractivity contribution in [3.8, 4) is 11.8 Å². The Hall–Kier alpha value is -1.01. The first kappa shape index (κ1) is 9.08. The summed E-state index contributed by atoms with van der Waals surface area (Å²) in [6.45, 7) is 5.12. The first-order chi connectivity index (χ1) is 5.72. The summed E-state index contributed by atoms with van der Waals surface area (Å²) in [5.74, 6) is 4.17. The van der Waals surface area contributed by atoms with Crippen LogP contribution in [0, 0.1) is 17.8 Å². The van der Waals surface area contributed by atoms with E-state index in [1.165, 1.54) is 0 Å². The van der Waals surface area contributed by atoms with Crippen molar-refractivity contribution in [2.75, 3.05) is 19.6 Å². The lowest BCUT2D eigenvalue weighted by Gasteiger charge is -2.09.